The topological polar surface area (TPSA) is 79.3 Å². The fraction of sp³-hybridized carbons (Fsp3) is 0.462. The fourth-order valence-corrected chi connectivity index (χ4v) is 1.62. The van der Waals surface area contributed by atoms with Crippen LogP contribution in [0.25, 0.3) is 0 Å². The average molecular weight is 250 g/mol. The van der Waals surface area contributed by atoms with Crippen LogP contribution >= 0.6 is 0 Å². The lowest BCUT2D eigenvalue weighted by Gasteiger charge is -2.14. The fourth-order valence-electron chi connectivity index (χ4n) is 1.62. The third-order valence-corrected chi connectivity index (χ3v) is 2.67. The minimum atomic E-state index is -1.01. The number of amides is 1. The van der Waals surface area contributed by atoms with Gasteiger partial charge in [0.1, 0.15) is 11.7 Å². The lowest BCUT2D eigenvalue weighted by Crippen LogP contribution is -2.41. The van der Waals surface area contributed by atoms with Gasteiger partial charge in [0, 0.05) is 6.20 Å². The predicted molar refractivity (Wildman–Crippen MR) is 67.4 cm³/mol. The number of aliphatic carboxylic acids is 1. The second kappa shape index (κ2) is 6.74. The van der Waals surface area contributed by atoms with E-state index < -0.39 is 17.9 Å². The number of aromatic nitrogens is 1. The van der Waals surface area contributed by atoms with E-state index in [0.717, 1.165) is 18.4 Å². The van der Waals surface area contributed by atoms with Gasteiger partial charge in [0.15, 0.2) is 0 Å². The highest BCUT2D eigenvalue weighted by Crippen LogP contribution is 2.06. The maximum Gasteiger partial charge on any atom is 0.326 e. The molecule has 0 aromatic carbocycles. The van der Waals surface area contributed by atoms with Crippen LogP contribution in [0, 0.1) is 6.92 Å². The molecular formula is C13H18N2O3. The molecule has 0 spiro atoms. The molecule has 1 heterocycles. The molecule has 0 aliphatic rings. The molecule has 1 rings (SSSR count). The van der Waals surface area contributed by atoms with E-state index in [1.165, 1.54) is 6.20 Å². The third kappa shape index (κ3) is 3.84. The van der Waals surface area contributed by atoms with Gasteiger partial charge in [-0.2, -0.15) is 0 Å². The molecule has 0 radical (unpaired) electrons. The Balaban J connectivity index is 2.72. The summed E-state index contributed by atoms with van der Waals surface area (Å²) >= 11 is 0. The van der Waals surface area contributed by atoms with Crippen molar-refractivity contribution < 1.29 is 14.7 Å². The standard InChI is InChI=1S/C13H18N2O3/c1-3-4-7-10(13(17)18)15-12(16)11-9(2)6-5-8-14-11/h5-6,8,10H,3-4,7H2,1-2H3,(H,15,16)(H,17,18). The van der Waals surface area contributed by atoms with E-state index in [4.69, 9.17) is 5.11 Å². The van der Waals surface area contributed by atoms with Gasteiger partial charge in [0.25, 0.3) is 5.91 Å². The minimum absolute atomic E-state index is 0.278. The third-order valence-electron chi connectivity index (χ3n) is 2.67. The summed E-state index contributed by atoms with van der Waals surface area (Å²) in [5.74, 6) is -1.44. The van der Waals surface area contributed by atoms with Crippen molar-refractivity contribution in [2.24, 2.45) is 0 Å². The van der Waals surface area contributed by atoms with E-state index >= 15 is 0 Å². The van der Waals surface area contributed by atoms with Crippen molar-refractivity contribution >= 4 is 11.9 Å². The smallest absolute Gasteiger partial charge is 0.326 e. The molecule has 1 amide bonds. The van der Waals surface area contributed by atoms with Gasteiger partial charge in [-0.05, 0) is 25.0 Å². The van der Waals surface area contributed by atoms with Crippen LogP contribution < -0.4 is 5.32 Å². The maximum atomic E-state index is 11.9. The molecule has 5 nitrogen and oxygen atoms in total. The summed E-state index contributed by atoms with van der Waals surface area (Å²) in [5.41, 5.74) is 1.01. The van der Waals surface area contributed by atoms with Crippen molar-refractivity contribution in [3.8, 4) is 0 Å². The summed E-state index contributed by atoms with van der Waals surface area (Å²) in [6.45, 7) is 3.74. The van der Waals surface area contributed by atoms with Crippen molar-refractivity contribution in [2.45, 2.75) is 39.2 Å². The molecule has 0 saturated carbocycles. The Kier molecular flexibility index (Phi) is 5.30. The van der Waals surface area contributed by atoms with Crippen molar-refractivity contribution in [1.29, 1.82) is 0 Å². The first-order valence-corrected chi connectivity index (χ1v) is 6.01. The van der Waals surface area contributed by atoms with Crippen LogP contribution in [0.2, 0.25) is 0 Å². The normalized spacial score (nSPS) is 11.9. The number of carbonyl (C=O) groups is 2. The number of rotatable bonds is 6. The van der Waals surface area contributed by atoms with E-state index in [1.807, 2.05) is 6.92 Å². The number of carboxylic acid groups (broad SMARTS) is 1. The highest BCUT2D eigenvalue weighted by atomic mass is 16.4. The molecule has 1 unspecified atom stereocenters. The zero-order valence-electron chi connectivity index (χ0n) is 10.6. The molecule has 0 fully saturated rings. The van der Waals surface area contributed by atoms with Gasteiger partial charge >= 0.3 is 5.97 Å². The summed E-state index contributed by atoms with van der Waals surface area (Å²) in [7, 11) is 0. The minimum Gasteiger partial charge on any atom is -0.480 e. The first-order valence-electron chi connectivity index (χ1n) is 6.01. The number of carboxylic acids is 1. The van der Waals surface area contributed by atoms with E-state index in [1.54, 1.807) is 19.1 Å². The molecule has 1 aromatic heterocycles. The zero-order valence-corrected chi connectivity index (χ0v) is 10.6. The second-order valence-electron chi connectivity index (χ2n) is 4.18. The van der Waals surface area contributed by atoms with Gasteiger partial charge in [-0.1, -0.05) is 25.8 Å². The monoisotopic (exact) mass is 250 g/mol. The van der Waals surface area contributed by atoms with Crippen molar-refractivity contribution in [1.82, 2.24) is 10.3 Å². The van der Waals surface area contributed by atoms with Crippen LogP contribution in [0.1, 0.15) is 42.2 Å². The van der Waals surface area contributed by atoms with Crippen LogP contribution in [-0.2, 0) is 4.79 Å². The highest BCUT2D eigenvalue weighted by molar-refractivity contribution is 5.96. The van der Waals surface area contributed by atoms with Gasteiger partial charge in [0.05, 0.1) is 0 Å². The lowest BCUT2D eigenvalue weighted by molar-refractivity contribution is -0.139. The Morgan fingerprint density at radius 1 is 1.50 bits per heavy atom. The molecule has 2 N–H and O–H groups in total. The summed E-state index contributed by atoms with van der Waals surface area (Å²) in [6, 6.07) is 2.65. The molecule has 1 aromatic rings. The van der Waals surface area contributed by atoms with Crippen molar-refractivity contribution in [3.63, 3.8) is 0 Å². The number of carbonyl (C=O) groups excluding carboxylic acids is 1. The van der Waals surface area contributed by atoms with E-state index in [0.29, 0.717) is 6.42 Å². The molecule has 5 heteroatoms. The van der Waals surface area contributed by atoms with E-state index in [-0.39, 0.29) is 5.69 Å². The number of nitrogens with one attached hydrogen (secondary N) is 1. The van der Waals surface area contributed by atoms with Gasteiger partial charge in [-0.15, -0.1) is 0 Å². The number of unbranched alkanes of at least 4 members (excludes halogenated alkanes) is 1. The summed E-state index contributed by atoms with van der Waals surface area (Å²) in [6.07, 6.45) is 3.61. The van der Waals surface area contributed by atoms with E-state index in [2.05, 4.69) is 10.3 Å². The second-order valence-corrected chi connectivity index (χ2v) is 4.18. The Bertz CT molecular complexity index is 432. The molecule has 1 atom stereocenters. The highest BCUT2D eigenvalue weighted by Gasteiger charge is 2.21. The quantitative estimate of drug-likeness (QED) is 0.806. The Morgan fingerprint density at radius 2 is 2.22 bits per heavy atom. The summed E-state index contributed by atoms with van der Waals surface area (Å²) < 4.78 is 0. The Labute approximate surface area is 106 Å². The van der Waals surface area contributed by atoms with Crippen LogP contribution in [0.4, 0.5) is 0 Å². The SMILES string of the molecule is CCCCC(NC(=O)c1ncccc1C)C(=O)O. The summed E-state index contributed by atoms with van der Waals surface area (Å²) in [5, 5.41) is 11.5. The van der Waals surface area contributed by atoms with Gasteiger partial charge in [-0.25, -0.2) is 4.79 Å². The molecule has 0 bridgehead atoms. The number of hydrogen-bond acceptors (Lipinski definition) is 3. The van der Waals surface area contributed by atoms with Crippen LogP contribution in [0.15, 0.2) is 18.3 Å². The molecule has 0 saturated heterocycles. The summed E-state index contributed by atoms with van der Waals surface area (Å²) in [4.78, 5) is 26.9. The van der Waals surface area contributed by atoms with Crippen LogP contribution in [0.3, 0.4) is 0 Å². The molecule has 18 heavy (non-hydrogen) atoms. The van der Waals surface area contributed by atoms with Crippen molar-refractivity contribution in [3.05, 3.63) is 29.6 Å². The maximum absolute atomic E-state index is 11.9. The lowest BCUT2D eigenvalue weighted by atomic mass is 10.1. The first-order chi connectivity index (χ1) is 8.56. The molecule has 98 valence electrons. The molecule has 0 aliphatic heterocycles. The van der Waals surface area contributed by atoms with Crippen LogP contribution in [0.5, 0.6) is 0 Å². The van der Waals surface area contributed by atoms with Gasteiger partial charge in [0.2, 0.25) is 0 Å². The van der Waals surface area contributed by atoms with Crippen LogP contribution in [-0.4, -0.2) is 28.0 Å². The number of pyridine rings is 1. The first kappa shape index (κ1) is 14.2. The average Bonchev–Trinajstić information content (AvgIpc) is 2.34. The largest absolute Gasteiger partial charge is 0.480 e. The van der Waals surface area contributed by atoms with Gasteiger partial charge < -0.3 is 10.4 Å². The molecule has 0 aliphatic carbocycles. The van der Waals surface area contributed by atoms with Crippen molar-refractivity contribution in [2.75, 3.05) is 0 Å². The predicted octanol–water partition coefficient (Wildman–Crippen LogP) is 1.76. The Morgan fingerprint density at radius 3 is 2.78 bits per heavy atom. The Hall–Kier alpha value is -1.91. The number of hydrogen-bond donors (Lipinski definition) is 2. The zero-order chi connectivity index (χ0) is 13.5. The van der Waals surface area contributed by atoms with E-state index in [9.17, 15) is 9.59 Å². The van der Waals surface area contributed by atoms with Gasteiger partial charge in [-0.3, -0.25) is 9.78 Å². The number of aryl methyl sites for hydroxylation is 1. The number of nitrogens with zero attached hydrogens (tertiary/aromatic N) is 1. The molecular weight excluding hydrogens is 232 g/mol.